The molecule has 31 heavy (non-hydrogen) atoms. The van der Waals surface area contributed by atoms with E-state index in [1.807, 2.05) is 91.0 Å². The van der Waals surface area contributed by atoms with E-state index in [2.05, 4.69) is 36.5 Å². The zero-order valence-corrected chi connectivity index (χ0v) is 17.8. The first-order valence-corrected chi connectivity index (χ1v) is 10.7. The third kappa shape index (κ3) is 4.29. The van der Waals surface area contributed by atoms with E-state index in [0.29, 0.717) is 6.54 Å². The molecule has 0 spiro atoms. The van der Waals surface area contributed by atoms with Crippen LogP contribution in [-0.4, -0.2) is 12.5 Å². The van der Waals surface area contributed by atoms with Crippen LogP contribution < -0.4 is 5.32 Å². The molecule has 0 aromatic heterocycles. The first-order chi connectivity index (χ1) is 15.2. The molecule has 0 unspecified atom stereocenters. The Morgan fingerprint density at radius 3 is 1.61 bits per heavy atom. The van der Waals surface area contributed by atoms with E-state index in [4.69, 9.17) is 0 Å². The van der Waals surface area contributed by atoms with E-state index in [0.717, 1.165) is 23.1 Å². The third-order valence-corrected chi connectivity index (χ3v) is 5.74. The number of aryl methyl sites for hydroxylation is 1. The first-order valence-electron chi connectivity index (χ1n) is 10.7. The highest BCUT2D eigenvalue weighted by atomic mass is 16.2. The zero-order valence-electron chi connectivity index (χ0n) is 17.8. The van der Waals surface area contributed by atoms with Gasteiger partial charge in [-0.15, -0.1) is 0 Å². The van der Waals surface area contributed by atoms with Crippen LogP contribution >= 0.6 is 0 Å². The fourth-order valence-electron chi connectivity index (χ4n) is 4.28. The monoisotopic (exact) mass is 405 g/mol. The van der Waals surface area contributed by atoms with Crippen molar-refractivity contribution in [3.63, 3.8) is 0 Å². The van der Waals surface area contributed by atoms with Crippen LogP contribution in [0.3, 0.4) is 0 Å². The van der Waals surface area contributed by atoms with Gasteiger partial charge in [-0.3, -0.25) is 4.79 Å². The molecule has 2 nitrogen and oxygen atoms in total. The van der Waals surface area contributed by atoms with Crippen molar-refractivity contribution in [2.75, 3.05) is 6.54 Å². The number of carbonyl (C=O) groups is 1. The van der Waals surface area contributed by atoms with Crippen molar-refractivity contribution < 1.29 is 4.79 Å². The van der Waals surface area contributed by atoms with E-state index in [1.54, 1.807) is 0 Å². The molecule has 0 radical (unpaired) electrons. The molecule has 0 atom stereocenters. The Balaban J connectivity index is 1.75. The van der Waals surface area contributed by atoms with Crippen molar-refractivity contribution in [1.82, 2.24) is 5.32 Å². The number of carbonyl (C=O) groups excluding carboxylic acids is 1. The van der Waals surface area contributed by atoms with Gasteiger partial charge >= 0.3 is 0 Å². The van der Waals surface area contributed by atoms with Crippen LogP contribution in [0.5, 0.6) is 0 Å². The second-order valence-corrected chi connectivity index (χ2v) is 7.84. The maximum atomic E-state index is 14.0. The third-order valence-electron chi connectivity index (χ3n) is 5.74. The van der Waals surface area contributed by atoms with E-state index in [9.17, 15) is 4.79 Å². The summed E-state index contributed by atoms with van der Waals surface area (Å²) in [5, 5.41) is 3.25. The molecule has 0 aliphatic heterocycles. The van der Waals surface area contributed by atoms with Gasteiger partial charge in [0.15, 0.2) is 0 Å². The minimum absolute atomic E-state index is 0.0104. The van der Waals surface area contributed by atoms with Gasteiger partial charge in [-0.1, -0.05) is 121 Å². The Bertz CT molecular complexity index is 1020. The summed E-state index contributed by atoms with van der Waals surface area (Å²) in [5.74, 6) is -0.0104. The predicted molar refractivity (Wildman–Crippen MR) is 127 cm³/mol. The fourth-order valence-corrected chi connectivity index (χ4v) is 4.28. The average molecular weight is 406 g/mol. The summed E-state index contributed by atoms with van der Waals surface area (Å²) < 4.78 is 0. The standard InChI is InChI=1S/C29H27NO/c1-23-12-11-13-24(22-23)20-21-30-28(31)29(25-14-5-2-6-15-25,26-16-7-3-8-17-26)27-18-9-4-10-19-27/h2-19,22H,20-21H2,1H3,(H,30,31). The molecule has 0 saturated carbocycles. The van der Waals surface area contributed by atoms with Crippen molar-refractivity contribution in [1.29, 1.82) is 0 Å². The smallest absolute Gasteiger partial charge is 0.239 e. The molecule has 1 amide bonds. The Hall–Kier alpha value is -3.65. The molecule has 4 aromatic rings. The number of hydrogen-bond acceptors (Lipinski definition) is 1. The Kier molecular flexibility index (Phi) is 6.28. The SMILES string of the molecule is Cc1cccc(CCNC(=O)C(c2ccccc2)(c2ccccc2)c2ccccc2)c1. The van der Waals surface area contributed by atoms with Crippen molar-refractivity contribution >= 4 is 5.91 Å². The van der Waals surface area contributed by atoms with Gasteiger partial charge in [0.2, 0.25) is 5.91 Å². The molecule has 0 fully saturated rings. The van der Waals surface area contributed by atoms with Crippen LogP contribution in [0.4, 0.5) is 0 Å². The predicted octanol–water partition coefficient (Wildman–Crippen LogP) is 5.69. The summed E-state index contributed by atoms with van der Waals surface area (Å²) in [5.41, 5.74) is 4.42. The lowest BCUT2D eigenvalue weighted by molar-refractivity contribution is -0.124. The van der Waals surface area contributed by atoms with Gasteiger partial charge in [0, 0.05) is 6.54 Å². The van der Waals surface area contributed by atoms with Gasteiger partial charge in [0.05, 0.1) is 0 Å². The quantitative estimate of drug-likeness (QED) is 0.393. The summed E-state index contributed by atoms with van der Waals surface area (Å²) in [4.78, 5) is 14.0. The highest BCUT2D eigenvalue weighted by Crippen LogP contribution is 2.39. The normalized spacial score (nSPS) is 11.1. The Labute approximate surface area is 184 Å². The van der Waals surface area contributed by atoms with E-state index in [1.165, 1.54) is 11.1 Å². The highest BCUT2D eigenvalue weighted by Gasteiger charge is 2.43. The molecule has 0 heterocycles. The summed E-state index contributed by atoms with van der Waals surface area (Å²) in [6.07, 6.45) is 0.794. The Morgan fingerprint density at radius 1 is 0.677 bits per heavy atom. The van der Waals surface area contributed by atoms with Crippen LogP contribution in [0.2, 0.25) is 0 Å². The van der Waals surface area contributed by atoms with Crippen LogP contribution in [-0.2, 0) is 16.6 Å². The molecular formula is C29H27NO. The molecular weight excluding hydrogens is 378 g/mol. The Morgan fingerprint density at radius 2 is 1.16 bits per heavy atom. The lowest BCUT2D eigenvalue weighted by Crippen LogP contribution is -2.46. The number of amides is 1. The lowest BCUT2D eigenvalue weighted by Gasteiger charge is -2.34. The molecule has 1 N–H and O–H groups in total. The number of benzene rings is 4. The van der Waals surface area contributed by atoms with Gasteiger partial charge in [0.1, 0.15) is 5.41 Å². The van der Waals surface area contributed by atoms with Gasteiger partial charge < -0.3 is 5.32 Å². The molecule has 0 aliphatic carbocycles. The number of rotatable bonds is 7. The molecule has 4 aromatic carbocycles. The number of hydrogen-bond donors (Lipinski definition) is 1. The van der Waals surface area contributed by atoms with Crippen molar-refractivity contribution in [2.45, 2.75) is 18.8 Å². The van der Waals surface area contributed by atoms with Gasteiger partial charge in [-0.2, -0.15) is 0 Å². The highest BCUT2D eigenvalue weighted by molar-refractivity contribution is 5.96. The van der Waals surface area contributed by atoms with Crippen LogP contribution in [0, 0.1) is 6.92 Å². The van der Waals surface area contributed by atoms with E-state index in [-0.39, 0.29) is 5.91 Å². The second kappa shape index (κ2) is 9.44. The lowest BCUT2D eigenvalue weighted by atomic mass is 9.68. The molecule has 2 heteroatoms. The van der Waals surface area contributed by atoms with E-state index < -0.39 is 5.41 Å². The first kappa shape index (κ1) is 20.6. The largest absolute Gasteiger partial charge is 0.354 e. The van der Waals surface area contributed by atoms with Crippen molar-refractivity contribution in [2.24, 2.45) is 0 Å². The molecule has 0 bridgehead atoms. The zero-order chi connectivity index (χ0) is 21.5. The maximum absolute atomic E-state index is 14.0. The van der Waals surface area contributed by atoms with Gasteiger partial charge in [-0.25, -0.2) is 0 Å². The summed E-state index contributed by atoms with van der Waals surface area (Å²) in [6.45, 7) is 2.67. The summed E-state index contributed by atoms with van der Waals surface area (Å²) >= 11 is 0. The average Bonchev–Trinajstić information content (AvgIpc) is 2.82. The van der Waals surface area contributed by atoms with Crippen molar-refractivity contribution in [3.05, 3.63) is 143 Å². The van der Waals surface area contributed by atoms with Gasteiger partial charge in [0.25, 0.3) is 0 Å². The topological polar surface area (TPSA) is 29.1 Å². The molecule has 0 aliphatic rings. The van der Waals surface area contributed by atoms with Gasteiger partial charge in [-0.05, 0) is 35.6 Å². The summed E-state index contributed by atoms with van der Waals surface area (Å²) in [6, 6.07) is 38.6. The molecule has 154 valence electrons. The minimum Gasteiger partial charge on any atom is -0.354 e. The van der Waals surface area contributed by atoms with Crippen LogP contribution in [0.25, 0.3) is 0 Å². The molecule has 0 saturated heterocycles. The number of nitrogens with one attached hydrogen (secondary N) is 1. The second-order valence-electron chi connectivity index (χ2n) is 7.84. The fraction of sp³-hybridized carbons (Fsp3) is 0.138. The van der Waals surface area contributed by atoms with E-state index >= 15 is 0 Å². The maximum Gasteiger partial charge on any atom is 0.239 e. The molecule has 4 rings (SSSR count). The van der Waals surface area contributed by atoms with Crippen molar-refractivity contribution in [3.8, 4) is 0 Å². The van der Waals surface area contributed by atoms with Crippen LogP contribution in [0.15, 0.2) is 115 Å². The van der Waals surface area contributed by atoms with Crippen LogP contribution in [0.1, 0.15) is 27.8 Å². The summed E-state index contributed by atoms with van der Waals surface area (Å²) in [7, 11) is 0. The minimum atomic E-state index is -0.920.